The summed E-state index contributed by atoms with van der Waals surface area (Å²) in [5.74, 6) is -0.214. The summed E-state index contributed by atoms with van der Waals surface area (Å²) in [7, 11) is 1.37. The molecule has 28 heavy (non-hydrogen) atoms. The van der Waals surface area contributed by atoms with Crippen molar-refractivity contribution in [2.75, 3.05) is 18.2 Å². The van der Waals surface area contributed by atoms with Gasteiger partial charge in [-0.1, -0.05) is 48.2 Å². The van der Waals surface area contributed by atoms with Gasteiger partial charge >= 0.3 is 5.97 Å². The molecule has 0 saturated heterocycles. The summed E-state index contributed by atoms with van der Waals surface area (Å²) in [6.07, 6.45) is 0. The number of methoxy groups -OCH3 is 1. The van der Waals surface area contributed by atoms with Gasteiger partial charge in [0.1, 0.15) is 0 Å². The fraction of sp³-hybridized carbons (Fsp3) is 0.0952. The number of hydrogen-bond donors (Lipinski definition) is 1. The van der Waals surface area contributed by atoms with E-state index in [0.29, 0.717) is 11.3 Å². The Morgan fingerprint density at radius 2 is 1.93 bits per heavy atom. The van der Waals surface area contributed by atoms with Crippen molar-refractivity contribution in [3.05, 3.63) is 66.2 Å². The zero-order valence-electron chi connectivity index (χ0n) is 15.0. The zero-order chi connectivity index (χ0) is 19.5. The molecule has 0 unspecified atom stereocenters. The van der Waals surface area contributed by atoms with Gasteiger partial charge in [0.2, 0.25) is 0 Å². The van der Waals surface area contributed by atoms with E-state index in [2.05, 4.69) is 15.0 Å². The number of ether oxygens (including phenoxy) is 1. The van der Waals surface area contributed by atoms with Gasteiger partial charge in [-0.2, -0.15) is 0 Å². The van der Waals surface area contributed by atoms with E-state index in [1.54, 1.807) is 0 Å². The molecule has 0 fully saturated rings. The van der Waals surface area contributed by atoms with Crippen LogP contribution in [-0.2, 0) is 9.53 Å². The van der Waals surface area contributed by atoms with Crippen LogP contribution in [0.3, 0.4) is 0 Å². The number of hydrogen-bond acceptors (Lipinski definition) is 6. The van der Waals surface area contributed by atoms with Crippen LogP contribution in [0.1, 0.15) is 10.4 Å². The molecule has 140 valence electrons. The van der Waals surface area contributed by atoms with Crippen molar-refractivity contribution < 1.29 is 14.3 Å². The standard InChI is InChI=1S/C21H16N2O3S2/c1-26-19(24)12-27-21-23-17-10-9-14(11-18(17)28-21)22-20(25)16-8-4-6-13-5-2-3-7-15(13)16/h2-11H,12H2,1H3,(H,22,25). The van der Waals surface area contributed by atoms with Gasteiger partial charge in [0.25, 0.3) is 5.91 Å². The molecule has 1 heterocycles. The van der Waals surface area contributed by atoms with E-state index in [9.17, 15) is 9.59 Å². The number of aromatic nitrogens is 1. The van der Waals surface area contributed by atoms with E-state index in [0.717, 1.165) is 25.3 Å². The predicted molar refractivity (Wildman–Crippen MR) is 114 cm³/mol. The van der Waals surface area contributed by atoms with Crippen molar-refractivity contribution in [3.8, 4) is 0 Å². The number of nitrogens with one attached hydrogen (secondary N) is 1. The van der Waals surface area contributed by atoms with Gasteiger partial charge in [-0.15, -0.1) is 11.3 Å². The Labute approximate surface area is 169 Å². The van der Waals surface area contributed by atoms with Gasteiger partial charge in [-0.05, 0) is 35.0 Å². The van der Waals surface area contributed by atoms with Crippen molar-refractivity contribution >= 4 is 61.7 Å². The van der Waals surface area contributed by atoms with E-state index in [4.69, 9.17) is 0 Å². The average Bonchev–Trinajstić information content (AvgIpc) is 3.13. The van der Waals surface area contributed by atoms with Crippen LogP contribution in [0, 0.1) is 0 Å². The van der Waals surface area contributed by atoms with E-state index < -0.39 is 0 Å². The molecule has 4 aromatic rings. The Hall–Kier alpha value is -2.90. The molecule has 1 amide bonds. The number of esters is 1. The van der Waals surface area contributed by atoms with Crippen molar-refractivity contribution in [1.82, 2.24) is 4.98 Å². The summed E-state index contributed by atoms with van der Waals surface area (Å²) in [6, 6.07) is 19.1. The molecule has 3 aromatic carbocycles. The summed E-state index contributed by atoms with van der Waals surface area (Å²) in [5.41, 5.74) is 2.18. The second kappa shape index (κ2) is 8.00. The minimum Gasteiger partial charge on any atom is -0.468 e. The van der Waals surface area contributed by atoms with Crippen LogP contribution in [-0.4, -0.2) is 29.7 Å². The van der Waals surface area contributed by atoms with E-state index >= 15 is 0 Å². The molecule has 7 heteroatoms. The fourth-order valence-corrected chi connectivity index (χ4v) is 4.78. The number of carbonyl (C=O) groups is 2. The van der Waals surface area contributed by atoms with E-state index in [-0.39, 0.29) is 17.6 Å². The number of fused-ring (bicyclic) bond motifs is 2. The number of thioether (sulfide) groups is 1. The first-order valence-electron chi connectivity index (χ1n) is 8.53. The summed E-state index contributed by atoms with van der Waals surface area (Å²) in [6.45, 7) is 0. The van der Waals surface area contributed by atoms with E-state index in [1.807, 2.05) is 60.7 Å². The number of benzene rings is 3. The first-order chi connectivity index (χ1) is 13.6. The molecule has 1 aromatic heterocycles. The molecule has 1 N–H and O–H groups in total. The molecular formula is C21H16N2O3S2. The largest absolute Gasteiger partial charge is 0.468 e. The van der Waals surface area contributed by atoms with Crippen molar-refractivity contribution in [3.63, 3.8) is 0 Å². The Bertz CT molecular complexity index is 1180. The molecule has 0 aliphatic rings. The minimum atomic E-state index is -0.285. The van der Waals surface area contributed by atoms with Crippen LogP contribution in [0.15, 0.2) is 65.0 Å². The maximum Gasteiger partial charge on any atom is 0.316 e. The van der Waals surface area contributed by atoms with E-state index in [1.165, 1.54) is 30.2 Å². The second-order valence-electron chi connectivity index (χ2n) is 6.01. The van der Waals surface area contributed by atoms with Crippen LogP contribution >= 0.6 is 23.1 Å². The van der Waals surface area contributed by atoms with Gasteiger partial charge < -0.3 is 10.1 Å². The number of nitrogens with zero attached hydrogens (tertiary/aromatic N) is 1. The minimum absolute atomic E-state index is 0.152. The average molecular weight is 409 g/mol. The predicted octanol–water partition coefficient (Wildman–Crippen LogP) is 4.97. The Kier molecular flexibility index (Phi) is 5.27. The van der Waals surface area contributed by atoms with Crippen molar-refractivity contribution in [1.29, 1.82) is 0 Å². The number of rotatable bonds is 5. The number of anilines is 1. The Balaban J connectivity index is 1.55. The van der Waals surface area contributed by atoms with Crippen molar-refractivity contribution in [2.45, 2.75) is 4.34 Å². The molecule has 0 atom stereocenters. The summed E-state index contributed by atoms with van der Waals surface area (Å²) in [5, 5.41) is 4.92. The molecule has 0 saturated carbocycles. The summed E-state index contributed by atoms with van der Waals surface area (Å²) < 4.78 is 6.39. The lowest BCUT2D eigenvalue weighted by molar-refractivity contribution is -0.137. The molecule has 5 nitrogen and oxygen atoms in total. The molecule has 0 aliphatic carbocycles. The molecule has 4 rings (SSSR count). The first-order valence-corrected chi connectivity index (χ1v) is 10.3. The van der Waals surface area contributed by atoms with Crippen LogP contribution in [0.2, 0.25) is 0 Å². The smallest absolute Gasteiger partial charge is 0.316 e. The SMILES string of the molecule is COC(=O)CSc1nc2ccc(NC(=O)c3cccc4ccccc34)cc2s1. The van der Waals surface area contributed by atoms with Gasteiger partial charge in [0, 0.05) is 11.3 Å². The van der Waals surface area contributed by atoms with Crippen LogP contribution in [0.4, 0.5) is 5.69 Å². The van der Waals surface area contributed by atoms with Gasteiger partial charge in [-0.25, -0.2) is 4.98 Å². The lowest BCUT2D eigenvalue weighted by Gasteiger charge is -2.08. The lowest BCUT2D eigenvalue weighted by Crippen LogP contribution is -2.12. The van der Waals surface area contributed by atoms with Gasteiger partial charge in [0.15, 0.2) is 4.34 Å². The zero-order valence-corrected chi connectivity index (χ0v) is 16.6. The summed E-state index contributed by atoms with van der Waals surface area (Å²) >= 11 is 2.82. The fourth-order valence-electron chi connectivity index (χ4n) is 2.84. The summed E-state index contributed by atoms with van der Waals surface area (Å²) in [4.78, 5) is 28.6. The molecule has 0 radical (unpaired) electrons. The molecular weight excluding hydrogens is 392 g/mol. The highest BCUT2D eigenvalue weighted by Crippen LogP contribution is 2.31. The normalized spacial score (nSPS) is 10.9. The number of carbonyl (C=O) groups excluding carboxylic acids is 2. The molecule has 0 aliphatic heterocycles. The van der Waals surface area contributed by atoms with Gasteiger partial charge in [-0.3, -0.25) is 9.59 Å². The van der Waals surface area contributed by atoms with Crippen LogP contribution in [0.5, 0.6) is 0 Å². The van der Waals surface area contributed by atoms with Crippen LogP contribution < -0.4 is 5.32 Å². The second-order valence-corrected chi connectivity index (χ2v) is 8.26. The third-order valence-electron chi connectivity index (χ3n) is 4.20. The topological polar surface area (TPSA) is 68.3 Å². The number of thiazole rings is 1. The highest BCUT2D eigenvalue weighted by molar-refractivity contribution is 8.01. The highest BCUT2D eigenvalue weighted by atomic mass is 32.2. The third kappa shape index (κ3) is 3.85. The van der Waals surface area contributed by atoms with Gasteiger partial charge in [0.05, 0.1) is 23.1 Å². The van der Waals surface area contributed by atoms with Crippen molar-refractivity contribution in [2.24, 2.45) is 0 Å². The maximum absolute atomic E-state index is 12.8. The molecule has 0 spiro atoms. The Morgan fingerprint density at radius 3 is 2.79 bits per heavy atom. The number of amides is 1. The highest BCUT2D eigenvalue weighted by Gasteiger charge is 2.12. The monoisotopic (exact) mass is 408 g/mol. The molecule has 0 bridgehead atoms. The Morgan fingerprint density at radius 1 is 1.11 bits per heavy atom. The quantitative estimate of drug-likeness (QED) is 0.373. The third-order valence-corrected chi connectivity index (χ3v) is 6.34. The van der Waals surface area contributed by atoms with Crippen LogP contribution in [0.25, 0.3) is 21.0 Å². The first kappa shape index (κ1) is 18.5. The maximum atomic E-state index is 12.8. The lowest BCUT2D eigenvalue weighted by atomic mass is 10.0.